The minimum absolute atomic E-state index is 0.237. The van der Waals surface area contributed by atoms with Gasteiger partial charge in [-0.25, -0.2) is 0 Å². The Morgan fingerprint density at radius 3 is 1.27 bits per heavy atom. The molecular formula is C33H71N3O+2. The molecule has 0 aromatic carbocycles. The van der Waals surface area contributed by atoms with Gasteiger partial charge < -0.3 is 14.3 Å². The van der Waals surface area contributed by atoms with Crippen molar-refractivity contribution in [2.75, 3.05) is 61.4 Å². The Morgan fingerprint density at radius 1 is 0.486 bits per heavy atom. The number of nitrogens with one attached hydrogen (secondary N) is 1. The van der Waals surface area contributed by atoms with Gasteiger partial charge in [-0.3, -0.25) is 4.79 Å². The Kier molecular flexibility index (Phi) is 24.0. The van der Waals surface area contributed by atoms with E-state index in [1.807, 2.05) is 0 Å². The van der Waals surface area contributed by atoms with Crippen molar-refractivity contribution in [1.82, 2.24) is 5.32 Å². The minimum Gasteiger partial charge on any atom is -0.356 e. The normalized spacial score (nSPS) is 12.3. The van der Waals surface area contributed by atoms with Gasteiger partial charge in [-0.05, 0) is 32.1 Å². The van der Waals surface area contributed by atoms with Crippen molar-refractivity contribution in [3.63, 3.8) is 0 Å². The van der Waals surface area contributed by atoms with Gasteiger partial charge in [-0.15, -0.1) is 0 Å². The molecule has 0 spiro atoms. The summed E-state index contributed by atoms with van der Waals surface area (Å²) in [4.78, 5) is 12.0. The molecule has 37 heavy (non-hydrogen) atoms. The predicted molar refractivity (Wildman–Crippen MR) is 165 cm³/mol. The number of quaternary nitrogens is 2. The molecule has 0 aliphatic rings. The maximum Gasteiger partial charge on any atom is 0.219 e. The molecule has 0 fully saturated rings. The first-order valence-electron chi connectivity index (χ1n) is 16.6. The molecule has 4 nitrogen and oxygen atoms in total. The number of carbonyl (C=O) groups is 1. The van der Waals surface area contributed by atoms with Crippen molar-refractivity contribution in [3.8, 4) is 0 Å². The van der Waals surface area contributed by atoms with E-state index in [-0.39, 0.29) is 5.91 Å². The lowest BCUT2D eigenvalue weighted by atomic mass is 10.0. The molecule has 1 N–H and O–H groups in total. The van der Waals surface area contributed by atoms with Gasteiger partial charge in [0.05, 0.1) is 54.9 Å². The number of amides is 1. The summed E-state index contributed by atoms with van der Waals surface area (Å²) in [5.41, 5.74) is 0. The van der Waals surface area contributed by atoms with Crippen LogP contribution < -0.4 is 5.32 Å². The second-order valence-electron chi connectivity index (χ2n) is 13.6. The van der Waals surface area contributed by atoms with Crippen molar-refractivity contribution in [2.45, 2.75) is 148 Å². The highest BCUT2D eigenvalue weighted by molar-refractivity contribution is 5.75. The van der Waals surface area contributed by atoms with Crippen LogP contribution in [-0.2, 0) is 4.79 Å². The molecule has 0 atom stereocenters. The summed E-state index contributed by atoms with van der Waals surface area (Å²) in [6, 6.07) is 0. The Hall–Kier alpha value is -0.610. The number of unbranched alkanes of at least 4 members (excludes halogenated alkanes) is 18. The van der Waals surface area contributed by atoms with Gasteiger partial charge in [0, 0.05) is 19.4 Å². The van der Waals surface area contributed by atoms with Gasteiger partial charge in [-0.1, -0.05) is 103 Å². The second kappa shape index (κ2) is 24.4. The third-order valence-corrected chi connectivity index (χ3v) is 7.86. The van der Waals surface area contributed by atoms with Crippen LogP contribution in [0.3, 0.4) is 0 Å². The number of nitrogens with zero attached hydrogens (tertiary/aromatic N) is 2. The minimum atomic E-state index is 0.237. The summed E-state index contributed by atoms with van der Waals surface area (Å²) in [7, 11) is 11.4. The molecule has 0 aromatic heterocycles. The van der Waals surface area contributed by atoms with Crippen LogP contribution in [0, 0.1) is 0 Å². The maximum absolute atomic E-state index is 12.0. The third kappa shape index (κ3) is 29.8. The standard InChI is InChI=1S/C33H70N3O/c1-7-8-9-10-11-12-13-14-15-16-17-18-19-20-22-25-31-36(5,6)32-26-23-21-24-28-33(37)34-29-27-30-35(2,3)4/h7-32H2,1-6H3/q+1/p+1. The average Bonchev–Trinajstić information content (AvgIpc) is 2.83. The van der Waals surface area contributed by atoms with Gasteiger partial charge in [0.15, 0.2) is 0 Å². The van der Waals surface area contributed by atoms with Gasteiger partial charge >= 0.3 is 0 Å². The molecule has 0 heterocycles. The third-order valence-electron chi connectivity index (χ3n) is 7.86. The zero-order valence-corrected chi connectivity index (χ0v) is 26.7. The monoisotopic (exact) mass is 526 g/mol. The molecule has 4 heteroatoms. The molecule has 0 bridgehead atoms. The Labute approximate surface area is 234 Å². The van der Waals surface area contributed by atoms with Gasteiger partial charge in [0.2, 0.25) is 5.91 Å². The summed E-state index contributed by atoms with van der Waals surface area (Å²) in [6.45, 7) is 6.81. The summed E-state index contributed by atoms with van der Waals surface area (Å²) in [5.74, 6) is 0.237. The predicted octanol–water partition coefficient (Wildman–Crippen LogP) is 8.49. The number of carbonyl (C=O) groups excluding carboxylic acids is 1. The van der Waals surface area contributed by atoms with Gasteiger partial charge in [0.25, 0.3) is 0 Å². The summed E-state index contributed by atoms with van der Waals surface area (Å²) >= 11 is 0. The zero-order valence-electron chi connectivity index (χ0n) is 26.7. The summed E-state index contributed by atoms with van der Waals surface area (Å²) in [6.07, 6.45) is 29.6. The van der Waals surface area contributed by atoms with E-state index in [0.29, 0.717) is 6.42 Å². The molecule has 0 saturated heterocycles. The topological polar surface area (TPSA) is 29.1 Å². The van der Waals surface area contributed by atoms with Crippen LogP contribution in [0.4, 0.5) is 0 Å². The smallest absolute Gasteiger partial charge is 0.219 e. The van der Waals surface area contributed by atoms with Crippen molar-refractivity contribution in [1.29, 1.82) is 0 Å². The molecule has 0 aromatic rings. The first-order valence-corrected chi connectivity index (χ1v) is 16.6. The van der Waals surface area contributed by atoms with Crippen LogP contribution in [0.1, 0.15) is 148 Å². The Bertz CT molecular complexity index is 498. The van der Waals surface area contributed by atoms with E-state index >= 15 is 0 Å². The largest absolute Gasteiger partial charge is 0.356 e. The van der Waals surface area contributed by atoms with Gasteiger partial charge in [-0.2, -0.15) is 0 Å². The highest BCUT2D eigenvalue weighted by Crippen LogP contribution is 2.15. The van der Waals surface area contributed by atoms with E-state index in [0.717, 1.165) is 34.9 Å². The summed E-state index contributed by atoms with van der Waals surface area (Å²) < 4.78 is 2.12. The lowest BCUT2D eigenvalue weighted by Gasteiger charge is -2.30. The SMILES string of the molecule is CCCCCCCCCCCCCCCCCC[N+](C)(C)CCCCCCC(=O)NCCC[N+](C)(C)C. The highest BCUT2D eigenvalue weighted by Gasteiger charge is 2.13. The van der Waals surface area contributed by atoms with Crippen LogP contribution in [-0.4, -0.2) is 76.3 Å². The van der Waals surface area contributed by atoms with Crippen LogP contribution in [0.5, 0.6) is 0 Å². The molecule has 0 rings (SSSR count). The molecule has 222 valence electrons. The second-order valence-corrected chi connectivity index (χ2v) is 13.6. The molecular weight excluding hydrogens is 454 g/mol. The quantitative estimate of drug-likeness (QED) is 0.0805. The Morgan fingerprint density at radius 2 is 0.865 bits per heavy atom. The van der Waals surface area contributed by atoms with Crippen LogP contribution >= 0.6 is 0 Å². The van der Waals surface area contributed by atoms with Crippen LogP contribution in [0.15, 0.2) is 0 Å². The van der Waals surface area contributed by atoms with Crippen molar-refractivity contribution >= 4 is 5.91 Å². The van der Waals surface area contributed by atoms with Crippen molar-refractivity contribution < 1.29 is 13.8 Å². The lowest BCUT2D eigenvalue weighted by Crippen LogP contribution is -2.41. The molecule has 0 saturated carbocycles. The van der Waals surface area contributed by atoms with E-state index in [1.165, 1.54) is 135 Å². The van der Waals surface area contributed by atoms with Crippen molar-refractivity contribution in [3.05, 3.63) is 0 Å². The van der Waals surface area contributed by atoms with Gasteiger partial charge in [0.1, 0.15) is 0 Å². The fourth-order valence-corrected chi connectivity index (χ4v) is 5.25. The molecule has 1 amide bonds. The van der Waals surface area contributed by atoms with E-state index in [2.05, 4.69) is 47.5 Å². The number of rotatable bonds is 28. The van der Waals surface area contributed by atoms with E-state index < -0.39 is 0 Å². The lowest BCUT2D eigenvalue weighted by molar-refractivity contribution is -0.890. The fraction of sp³-hybridized carbons (Fsp3) is 0.970. The Balaban J connectivity index is 3.41. The number of hydrogen-bond acceptors (Lipinski definition) is 1. The van der Waals surface area contributed by atoms with Crippen LogP contribution in [0.2, 0.25) is 0 Å². The molecule has 0 unspecified atom stereocenters. The number of hydrogen-bond donors (Lipinski definition) is 1. The van der Waals surface area contributed by atoms with Crippen molar-refractivity contribution in [2.24, 2.45) is 0 Å². The zero-order chi connectivity index (χ0) is 27.7. The van der Waals surface area contributed by atoms with Crippen LogP contribution in [0.25, 0.3) is 0 Å². The maximum atomic E-state index is 12.0. The van der Waals surface area contributed by atoms with E-state index in [1.54, 1.807) is 0 Å². The summed E-state index contributed by atoms with van der Waals surface area (Å²) in [5, 5.41) is 3.08. The molecule has 0 aliphatic carbocycles. The average molecular weight is 526 g/mol. The highest BCUT2D eigenvalue weighted by atomic mass is 16.1. The first-order chi connectivity index (χ1) is 17.7. The fourth-order valence-electron chi connectivity index (χ4n) is 5.25. The van der Waals surface area contributed by atoms with E-state index in [4.69, 9.17) is 0 Å². The molecule has 0 radical (unpaired) electrons. The molecule has 0 aliphatic heterocycles. The first kappa shape index (κ1) is 36.4. The van der Waals surface area contributed by atoms with E-state index in [9.17, 15) is 4.79 Å².